The van der Waals surface area contributed by atoms with Gasteiger partial charge in [-0.2, -0.15) is 13.7 Å². The Bertz CT molecular complexity index is 4280. The highest BCUT2D eigenvalue weighted by molar-refractivity contribution is 6.88. The van der Waals surface area contributed by atoms with Crippen molar-refractivity contribution in [3.63, 3.8) is 0 Å². The molecule has 5 heterocycles. The van der Waals surface area contributed by atoms with Gasteiger partial charge in [0.15, 0.2) is 28.9 Å². The topological polar surface area (TPSA) is 25.8 Å². The Labute approximate surface area is 444 Å². The zero-order valence-electron chi connectivity index (χ0n) is 43.0. The molecule has 9 aromatic carbocycles. The standard InChI is InChI=1S/C70H56FN3OSi/c1-45-40-65-56(54-27-14-15-28-55(54)61-39-35-52(44-72(61)65)76(2,3)4)36-33-51-42-59(48-24-12-7-13-25-48)68-57-37-32-50(53-26-16-17-29-60(53)71)43-66(57)75-69(68)67(51)70-73(45)63-30-18-19-31-64(63)74(70)62-38-34-49(46-20-8-5-9-21-46)41-58(62)47-22-10-6-11-23-47/h5-32,34-35,37-39,41-44,56,65H,1,33,36,40H2,2-4H3/q+2. The van der Waals surface area contributed by atoms with Crippen LogP contribution in [0.3, 0.4) is 0 Å². The van der Waals surface area contributed by atoms with Crippen molar-refractivity contribution in [3.05, 3.63) is 248 Å². The van der Waals surface area contributed by atoms with Crippen molar-refractivity contribution in [1.29, 1.82) is 0 Å². The molecule has 366 valence electrons. The van der Waals surface area contributed by atoms with Crippen molar-refractivity contribution in [2.24, 2.45) is 0 Å². The van der Waals surface area contributed by atoms with E-state index in [0.717, 1.165) is 102 Å². The fourth-order valence-electron chi connectivity index (χ4n) is 12.7. The highest BCUT2D eigenvalue weighted by atomic mass is 28.3. The lowest BCUT2D eigenvalue weighted by molar-refractivity contribution is -0.719. The number of allylic oxidation sites excluding steroid dienone is 1. The third kappa shape index (κ3) is 7.45. The van der Waals surface area contributed by atoms with Crippen LogP contribution in [-0.4, -0.2) is 12.6 Å². The van der Waals surface area contributed by atoms with Gasteiger partial charge in [-0.3, -0.25) is 0 Å². The van der Waals surface area contributed by atoms with Crippen LogP contribution in [0.25, 0.3) is 112 Å². The lowest BCUT2D eigenvalue weighted by Gasteiger charge is -2.32. The highest BCUT2D eigenvalue weighted by Gasteiger charge is 2.45. The molecule has 76 heavy (non-hydrogen) atoms. The lowest BCUT2D eigenvalue weighted by atomic mass is 9.77. The van der Waals surface area contributed by atoms with Crippen molar-refractivity contribution >= 4 is 51.9 Å². The molecule has 2 atom stereocenters. The van der Waals surface area contributed by atoms with Gasteiger partial charge in [-0.15, -0.1) is 0 Å². The van der Waals surface area contributed by atoms with E-state index < -0.39 is 8.07 Å². The monoisotopic (exact) mass is 1000 g/mol. The summed E-state index contributed by atoms with van der Waals surface area (Å²) < 4.78 is 30.8. The fourth-order valence-corrected chi connectivity index (χ4v) is 13.8. The minimum atomic E-state index is -1.72. The molecule has 0 amide bonds. The molecule has 2 aliphatic rings. The van der Waals surface area contributed by atoms with Crippen LogP contribution in [0, 0.1) is 5.82 Å². The first-order chi connectivity index (χ1) is 37.2. The predicted octanol–water partition coefficient (Wildman–Crippen LogP) is 16.9. The second-order valence-electron chi connectivity index (χ2n) is 21.8. The molecular formula is C70H56FN3OSi+2. The normalized spacial score (nSPS) is 15.2. The van der Waals surface area contributed by atoms with Crippen molar-refractivity contribution in [3.8, 4) is 72.8 Å². The molecule has 2 unspecified atom stereocenters. The van der Waals surface area contributed by atoms with E-state index in [4.69, 9.17) is 11.0 Å². The maximum Gasteiger partial charge on any atom is 0.304 e. The summed E-state index contributed by atoms with van der Waals surface area (Å²) in [7, 11) is -1.72. The summed E-state index contributed by atoms with van der Waals surface area (Å²) in [6.45, 7) is 12.5. The van der Waals surface area contributed by atoms with Crippen LogP contribution >= 0.6 is 0 Å². The molecule has 0 radical (unpaired) electrons. The Morgan fingerprint density at radius 1 is 0.592 bits per heavy atom. The van der Waals surface area contributed by atoms with Crippen LogP contribution in [0.2, 0.25) is 19.6 Å². The number of pyridine rings is 1. The van der Waals surface area contributed by atoms with Crippen LogP contribution in [0.15, 0.2) is 236 Å². The Balaban J connectivity index is 1.12. The molecule has 14 rings (SSSR count). The Hall–Kier alpha value is -8.71. The second kappa shape index (κ2) is 18.0. The number of halogens is 1. The molecule has 6 heteroatoms. The van der Waals surface area contributed by atoms with E-state index >= 15 is 4.39 Å². The van der Waals surface area contributed by atoms with Gasteiger partial charge in [-0.25, -0.2) is 4.39 Å². The molecule has 0 saturated carbocycles. The number of benzene rings is 9. The van der Waals surface area contributed by atoms with E-state index in [0.29, 0.717) is 17.6 Å². The van der Waals surface area contributed by atoms with E-state index in [1.807, 2.05) is 24.3 Å². The van der Waals surface area contributed by atoms with Crippen molar-refractivity contribution in [2.45, 2.75) is 50.9 Å². The number of furan rings is 1. The van der Waals surface area contributed by atoms with Gasteiger partial charge in [0, 0.05) is 44.6 Å². The van der Waals surface area contributed by atoms with Crippen LogP contribution in [0.5, 0.6) is 0 Å². The molecule has 0 fully saturated rings. The minimum absolute atomic E-state index is 0.0862. The number of hydrogen-bond acceptors (Lipinski definition) is 1. The Morgan fingerprint density at radius 2 is 1.25 bits per heavy atom. The molecule has 0 aliphatic carbocycles. The fraction of sp³-hybridized carbons (Fsp3) is 0.114. The van der Waals surface area contributed by atoms with Gasteiger partial charge in [0.2, 0.25) is 5.69 Å². The molecular weight excluding hydrogens is 946 g/mol. The zero-order chi connectivity index (χ0) is 51.2. The number of hydrogen-bond donors (Lipinski definition) is 0. The highest BCUT2D eigenvalue weighted by Crippen LogP contribution is 2.50. The first-order valence-electron chi connectivity index (χ1n) is 26.6. The third-order valence-electron chi connectivity index (χ3n) is 16.3. The first-order valence-corrected chi connectivity index (χ1v) is 30.1. The van der Waals surface area contributed by atoms with Crippen molar-refractivity contribution < 1.29 is 17.9 Å². The number of rotatable bonds is 6. The predicted molar refractivity (Wildman–Crippen MR) is 313 cm³/mol. The maximum atomic E-state index is 15.7. The number of para-hydroxylation sites is 2. The van der Waals surface area contributed by atoms with E-state index in [-0.39, 0.29) is 17.8 Å². The van der Waals surface area contributed by atoms with Crippen LogP contribution in [0.1, 0.15) is 35.9 Å². The first kappa shape index (κ1) is 45.9. The second-order valence-corrected chi connectivity index (χ2v) is 26.9. The van der Waals surface area contributed by atoms with Gasteiger partial charge >= 0.3 is 5.82 Å². The van der Waals surface area contributed by atoms with Crippen molar-refractivity contribution in [2.75, 3.05) is 0 Å². The van der Waals surface area contributed by atoms with E-state index in [9.17, 15) is 0 Å². The number of nitrogens with zero attached hydrogens (tertiary/aromatic N) is 3. The summed E-state index contributed by atoms with van der Waals surface area (Å²) in [4.78, 5) is 0. The van der Waals surface area contributed by atoms with E-state index in [1.165, 1.54) is 33.6 Å². The summed E-state index contributed by atoms with van der Waals surface area (Å²) in [5.41, 5.74) is 19.9. The number of aromatic nitrogens is 3. The summed E-state index contributed by atoms with van der Waals surface area (Å²) in [5, 5.41) is 3.45. The molecule has 4 nitrogen and oxygen atoms in total. The summed E-state index contributed by atoms with van der Waals surface area (Å²) >= 11 is 0. The summed E-state index contributed by atoms with van der Waals surface area (Å²) in [5.74, 6) is 0.896. The minimum Gasteiger partial charge on any atom is -0.455 e. The van der Waals surface area contributed by atoms with Crippen LogP contribution in [-0.2, 0) is 6.42 Å². The molecule has 12 aromatic rings. The SMILES string of the molecule is C=C1CC2C(CCc3cc(-c4ccccc4)c4c(oc5cc(-c6ccccc6F)ccc54)c3-c3n(-c4ccc(-c5ccccc5)cc4-c4ccccc4)c4ccccc4[n+]31)c1ccccc1-c1ccc([Si](C)(C)C)c[n+]12. The zero-order valence-corrected chi connectivity index (χ0v) is 44.0. The van der Waals surface area contributed by atoms with Gasteiger partial charge in [-0.1, -0.05) is 184 Å². The largest absolute Gasteiger partial charge is 0.455 e. The van der Waals surface area contributed by atoms with Crippen LogP contribution in [0.4, 0.5) is 4.39 Å². The number of imidazole rings is 1. The van der Waals surface area contributed by atoms with Crippen molar-refractivity contribution in [1.82, 2.24) is 4.57 Å². The van der Waals surface area contributed by atoms with E-state index in [2.05, 4.69) is 222 Å². The quantitative estimate of drug-likeness (QED) is 0.120. The smallest absolute Gasteiger partial charge is 0.304 e. The molecule has 2 aliphatic heterocycles. The molecule has 0 saturated heterocycles. The Morgan fingerprint density at radius 3 is 2.00 bits per heavy atom. The number of fused-ring (bicyclic) bond motifs is 15. The average Bonchev–Trinajstić information content (AvgIpc) is 4.13. The van der Waals surface area contributed by atoms with Gasteiger partial charge in [0.25, 0.3) is 0 Å². The van der Waals surface area contributed by atoms with E-state index in [1.54, 1.807) is 6.07 Å². The molecule has 0 N–H and O–H groups in total. The molecule has 0 spiro atoms. The van der Waals surface area contributed by atoms with Gasteiger partial charge < -0.3 is 4.42 Å². The summed E-state index contributed by atoms with van der Waals surface area (Å²) in [6, 6.07) is 77.6. The maximum absolute atomic E-state index is 15.7. The average molecular weight is 1000 g/mol. The van der Waals surface area contributed by atoms with Gasteiger partial charge in [-0.05, 0) is 112 Å². The molecule has 3 aromatic heterocycles. The van der Waals surface area contributed by atoms with Crippen LogP contribution < -0.4 is 14.3 Å². The Kier molecular flexibility index (Phi) is 10.9. The third-order valence-corrected chi connectivity index (χ3v) is 18.4. The lowest BCUT2D eigenvalue weighted by Crippen LogP contribution is -2.53. The molecule has 0 bridgehead atoms. The van der Waals surface area contributed by atoms with Gasteiger partial charge in [0.05, 0.1) is 14.5 Å². The van der Waals surface area contributed by atoms with Gasteiger partial charge in [0.1, 0.15) is 28.3 Å². The number of aryl methyl sites for hydroxylation is 1. The summed E-state index contributed by atoms with van der Waals surface area (Å²) in [6.07, 6.45) is 4.87.